The molecule has 1 aromatic rings. The van der Waals surface area contributed by atoms with E-state index in [1.807, 2.05) is 18.4 Å². The summed E-state index contributed by atoms with van der Waals surface area (Å²) in [6.45, 7) is 11.2. The SMILES string of the molecule is CCCCN(CC)Cc1cc(CNC)sc1C. The van der Waals surface area contributed by atoms with Crippen LogP contribution in [0, 0.1) is 6.92 Å². The second-order valence-electron chi connectivity index (χ2n) is 4.55. The molecule has 0 saturated heterocycles. The summed E-state index contributed by atoms with van der Waals surface area (Å²) in [7, 11) is 2.01. The van der Waals surface area contributed by atoms with Crippen LogP contribution in [0.3, 0.4) is 0 Å². The molecular weight excluding hydrogens is 228 g/mol. The lowest BCUT2D eigenvalue weighted by molar-refractivity contribution is 0.275. The van der Waals surface area contributed by atoms with Crippen molar-refractivity contribution in [2.75, 3.05) is 20.1 Å². The Hall–Kier alpha value is -0.380. The van der Waals surface area contributed by atoms with Crippen molar-refractivity contribution in [3.8, 4) is 0 Å². The molecule has 0 radical (unpaired) electrons. The highest BCUT2D eigenvalue weighted by Crippen LogP contribution is 2.23. The Labute approximate surface area is 110 Å². The minimum Gasteiger partial charge on any atom is -0.315 e. The minimum absolute atomic E-state index is 0.993. The molecule has 3 heteroatoms. The van der Waals surface area contributed by atoms with E-state index in [1.54, 1.807) is 0 Å². The van der Waals surface area contributed by atoms with Crippen LogP contribution in [0.4, 0.5) is 0 Å². The zero-order valence-corrected chi connectivity index (χ0v) is 12.5. The van der Waals surface area contributed by atoms with Crippen LogP contribution in [0.2, 0.25) is 0 Å². The van der Waals surface area contributed by atoms with Crippen molar-refractivity contribution >= 4 is 11.3 Å². The van der Waals surface area contributed by atoms with E-state index in [0.29, 0.717) is 0 Å². The number of nitrogens with zero attached hydrogens (tertiary/aromatic N) is 1. The van der Waals surface area contributed by atoms with Crippen LogP contribution in [0.1, 0.15) is 42.0 Å². The first-order chi connectivity index (χ1) is 8.21. The molecule has 1 N–H and O–H groups in total. The first-order valence-corrected chi connectivity index (χ1v) is 7.48. The summed E-state index contributed by atoms with van der Waals surface area (Å²) < 4.78 is 0. The monoisotopic (exact) mass is 254 g/mol. The van der Waals surface area contributed by atoms with Gasteiger partial charge in [0.25, 0.3) is 0 Å². The summed E-state index contributed by atoms with van der Waals surface area (Å²) in [5.41, 5.74) is 1.51. The molecule has 0 bridgehead atoms. The van der Waals surface area contributed by atoms with Crippen molar-refractivity contribution in [2.45, 2.75) is 46.7 Å². The largest absolute Gasteiger partial charge is 0.315 e. The van der Waals surface area contributed by atoms with Crippen molar-refractivity contribution < 1.29 is 0 Å². The average molecular weight is 254 g/mol. The number of rotatable bonds is 8. The van der Waals surface area contributed by atoms with Gasteiger partial charge in [0.05, 0.1) is 0 Å². The Bertz CT molecular complexity index is 320. The van der Waals surface area contributed by atoms with Crippen molar-refractivity contribution in [1.29, 1.82) is 0 Å². The number of hydrogen-bond acceptors (Lipinski definition) is 3. The van der Waals surface area contributed by atoms with E-state index in [4.69, 9.17) is 0 Å². The van der Waals surface area contributed by atoms with Crippen molar-refractivity contribution in [1.82, 2.24) is 10.2 Å². The summed E-state index contributed by atoms with van der Waals surface area (Å²) in [6.07, 6.45) is 2.59. The molecule has 1 rings (SSSR count). The maximum atomic E-state index is 3.22. The third-order valence-corrected chi connectivity index (χ3v) is 4.18. The van der Waals surface area contributed by atoms with Gasteiger partial charge in [-0.15, -0.1) is 11.3 Å². The van der Waals surface area contributed by atoms with Gasteiger partial charge in [0.15, 0.2) is 0 Å². The summed E-state index contributed by atoms with van der Waals surface area (Å²) >= 11 is 1.93. The van der Waals surface area contributed by atoms with Gasteiger partial charge in [-0.05, 0) is 45.1 Å². The molecule has 0 aliphatic rings. The molecule has 0 aliphatic carbocycles. The lowest BCUT2D eigenvalue weighted by Gasteiger charge is -2.19. The Morgan fingerprint density at radius 3 is 2.71 bits per heavy atom. The third-order valence-electron chi connectivity index (χ3n) is 3.09. The fourth-order valence-electron chi connectivity index (χ4n) is 1.98. The van der Waals surface area contributed by atoms with Gasteiger partial charge in [-0.3, -0.25) is 4.90 Å². The van der Waals surface area contributed by atoms with Crippen LogP contribution in [0.15, 0.2) is 6.07 Å². The molecule has 1 heterocycles. The molecule has 2 nitrogen and oxygen atoms in total. The minimum atomic E-state index is 0.993. The number of aryl methyl sites for hydroxylation is 1. The Balaban J connectivity index is 2.58. The van der Waals surface area contributed by atoms with Gasteiger partial charge in [-0.2, -0.15) is 0 Å². The predicted molar refractivity (Wildman–Crippen MR) is 77.7 cm³/mol. The lowest BCUT2D eigenvalue weighted by atomic mass is 10.2. The topological polar surface area (TPSA) is 15.3 Å². The summed E-state index contributed by atoms with van der Waals surface area (Å²) in [4.78, 5) is 5.47. The Morgan fingerprint density at radius 1 is 1.35 bits per heavy atom. The van der Waals surface area contributed by atoms with Crippen LogP contribution in [-0.2, 0) is 13.1 Å². The fraction of sp³-hybridized carbons (Fsp3) is 0.714. The van der Waals surface area contributed by atoms with E-state index < -0.39 is 0 Å². The zero-order valence-electron chi connectivity index (χ0n) is 11.7. The number of nitrogens with one attached hydrogen (secondary N) is 1. The highest BCUT2D eigenvalue weighted by atomic mass is 32.1. The normalized spacial score (nSPS) is 11.4. The standard InChI is InChI=1S/C14H26N2S/c1-5-7-8-16(6-2)11-13-9-14(10-15-4)17-12(13)3/h9,15H,5-8,10-11H2,1-4H3. The average Bonchev–Trinajstić information content (AvgIpc) is 2.65. The van der Waals surface area contributed by atoms with Gasteiger partial charge in [0, 0.05) is 22.8 Å². The molecule has 0 spiro atoms. The molecule has 0 aliphatic heterocycles. The maximum Gasteiger partial charge on any atom is 0.0296 e. The van der Waals surface area contributed by atoms with E-state index in [-0.39, 0.29) is 0 Å². The second kappa shape index (κ2) is 7.85. The first-order valence-electron chi connectivity index (χ1n) is 6.66. The van der Waals surface area contributed by atoms with E-state index >= 15 is 0 Å². The highest BCUT2D eigenvalue weighted by molar-refractivity contribution is 7.12. The van der Waals surface area contributed by atoms with E-state index in [2.05, 4.69) is 37.1 Å². The molecule has 0 fully saturated rings. The van der Waals surface area contributed by atoms with Gasteiger partial charge in [-0.25, -0.2) is 0 Å². The van der Waals surface area contributed by atoms with Gasteiger partial charge in [0.1, 0.15) is 0 Å². The lowest BCUT2D eigenvalue weighted by Crippen LogP contribution is -2.24. The van der Waals surface area contributed by atoms with Crippen molar-refractivity contribution in [3.05, 3.63) is 21.4 Å². The van der Waals surface area contributed by atoms with Crippen molar-refractivity contribution in [3.63, 3.8) is 0 Å². The van der Waals surface area contributed by atoms with Gasteiger partial charge >= 0.3 is 0 Å². The van der Waals surface area contributed by atoms with Crippen LogP contribution in [0.25, 0.3) is 0 Å². The van der Waals surface area contributed by atoms with E-state index in [1.165, 1.54) is 34.7 Å². The number of unbranched alkanes of at least 4 members (excludes halogenated alkanes) is 1. The molecule has 17 heavy (non-hydrogen) atoms. The number of hydrogen-bond donors (Lipinski definition) is 1. The van der Waals surface area contributed by atoms with Crippen molar-refractivity contribution in [2.24, 2.45) is 0 Å². The summed E-state index contributed by atoms with van der Waals surface area (Å²) in [6, 6.07) is 2.37. The number of thiophene rings is 1. The molecule has 0 atom stereocenters. The zero-order chi connectivity index (χ0) is 12.7. The molecule has 0 amide bonds. The summed E-state index contributed by atoms with van der Waals surface area (Å²) in [5.74, 6) is 0. The molecular formula is C14H26N2S. The fourth-order valence-corrected chi connectivity index (χ4v) is 3.04. The summed E-state index contributed by atoms with van der Waals surface area (Å²) in [5, 5.41) is 3.22. The molecule has 0 unspecified atom stereocenters. The molecule has 0 aromatic carbocycles. The van der Waals surface area contributed by atoms with Crippen LogP contribution in [0.5, 0.6) is 0 Å². The Morgan fingerprint density at radius 2 is 2.12 bits per heavy atom. The van der Waals surface area contributed by atoms with E-state index in [0.717, 1.165) is 19.6 Å². The predicted octanol–water partition coefficient (Wildman–Crippen LogP) is 3.40. The molecule has 0 saturated carbocycles. The molecule has 1 aromatic heterocycles. The second-order valence-corrected chi connectivity index (χ2v) is 5.89. The van der Waals surface area contributed by atoms with Crippen LogP contribution in [-0.4, -0.2) is 25.0 Å². The Kier molecular flexibility index (Phi) is 6.78. The van der Waals surface area contributed by atoms with E-state index in [9.17, 15) is 0 Å². The molecule has 98 valence electrons. The van der Waals surface area contributed by atoms with Crippen LogP contribution < -0.4 is 5.32 Å². The first kappa shape index (κ1) is 14.7. The van der Waals surface area contributed by atoms with Gasteiger partial charge < -0.3 is 5.32 Å². The highest BCUT2D eigenvalue weighted by Gasteiger charge is 2.09. The van der Waals surface area contributed by atoms with Crippen LogP contribution >= 0.6 is 11.3 Å². The third kappa shape index (κ3) is 4.78. The quantitative estimate of drug-likeness (QED) is 0.765. The van der Waals surface area contributed by atoms with Gasteiger partial charge in [0.2, 0.25) is 0 Å². The maximum absolute atomic E-state index is 3.22. The van der Waals surface area contributed by atoms with Gasteiger partial charge in [-0.1, -0.05) is 20.3 Å². The smallest absolute Gasteiger partial charge is 0.0296 e.